The molecule has 13 heteroatoms. The molecule has 2 fully saturated rings. The molecule has 7 rings (SSSR count). The summed E-state index contributed by atoms with van der Waals surface area (Å²) in [4.78, 5) is 24.4. The molecule has 2 bridgehead atoms. The highest BCUT2D eigenvalue weighted by Crippen LogP contribution is 2.45. The molecule has 6 heterocycles. The molecule has 0 aliphatic carbocycles. The van der Waals surface area contributed by atoms with E-state index < -0.39 is 9.84 Å². The van der Waals surface area contributed by atoms with Gasteiger partial charge in [0.1, 0.15) is 22.2 Å². The summed E-state index contributed by atoms with van der Waals surface area (Å²) in [6, 6.07) is 11.5. The second kappa shape index (κ2) is 9.72. The van der Waals surface area contributed by atoms with Gasteiger partial charge in [-0.3, -0.25) is 14.9 Å². The Morgan fingerprint density at radius 2 is 1.81 bits per heavy atom. The highest BCUT2D eigenvalue weighted by atomic mass is 32.2. The number of aromatic amines is 1. The summed E-state index contributed by atoms with van der Waals surface area (Å²) in [5.74, 6) is -0.709. The number of anilines is 1. The van der Waals surface area contributed by atoms with Gasteiger partial charge in [-0.25, -0.2) is 17.8 Å². The Balaban J connectivity index is 1.28. The minimum absolute atomic E-state index is 0.0111. The molecule has 3 N–H and O–H groups in total. The molecular formula is C29H27FN8O3S. The molecule has 1 amide bonds. The maximum absolute atomic E-state index is 14.3. The van der Waals surface area contributed by atoms with Gasteiger partial charge in [0.25, 0.3) is 5.91 Å². The van der Waals surface area contributed by atoms with Crippen LogP contribution in [0.25, 0.3) is 28.0 Å². The topological polar surface area (TPSA) is 152 Å². The number of hydrogen-bond acceptors (Lipinski definition) is 8. The van der Waals surface area contributed by atoms with Crippen molar-refractivity contribution in [1.29, 1.82) is 0 Å². The van der Waals surface area contributed by atoms with Gasteiger partial charge >= 0.3 is 0 Å². The van der Waals surface area contributed by atoms with Crippen molar-refractivity contribution in [2.75, 3.05) is 12.0 Å². The zero-order valence-electron chi connectivity index (χ0n) is 22.6. The molecule has 2 saturated heterocycles. The molecule has 5 aromatic rings. The molecule has 0 radical (unpaired) electrons. The minimum atomic E-state index is -3.77. The van der Waals surface area contributed by atoms with Crippen LogP contribution in [0.4, 0.5) is 10.2 Å². The molecule has 42 heavy (non-hydrogen) atoms. The van der Waals surface area contributed by atoms with Crippen LogP contribution < -0.4 is 5.73 Å². The SMILES string of the molecule is CS(=O)(=O)c1c(C2C[C@H]3CC[C@@H](C2)N3C(=O)c2ccn[nH]2)nc2c(-c3ccc(-c4ccccc4F)nc3)cnn2c1N. The summed E-state index contributed by atoms with van der Waals surface area (Å²) < 4.78 is 41.8. The number of carbonyl (C=O) groups is 1. The molecular weight excluding hydrogens is 559 g/mol. The number of benzene rings is 1. The van der Waals surface area contributed by atoms with E-state index in [4.69, 9.17) is 10.7 Å². The number of halogens is 1. The zero-order chi connectivity index (χ0) is 29.2. The normalized spacial score (nSPS) is 20.3. The third-order valence-corrected chi connectivity index (χ3v) is 9.50. The van der Waals surface area contributed by atoms with E-state index in [1.807, 2.05) is 4.90 Å². The van der Waals surface area contributed by atoms with Crippen molar-refractivity contribution in [3.8, 4) is 22.4 Å². The number of H-pyrrole nitrogens is 1. The second-order valence-electron chi connectivity index (χ2n) is 10.9. The van der Waals surface area contributed by atoms with Crippen molar-refractivity contribution in [3.63, 3.8) is 0 Å². The number of nitrogen functional groups attached to an aromatic ring is 1. The number of carbonyl (C=O) groups excluding carboxylic acids is 1. The maximum Gasteiger partial charge on any atom is 0.272 e. The van der Waals surface area contributed by atoms with Crippen molar-refractivity contribution >= 4 is 27.2 Å². The Kier molecular flexibility index (Phi) is 6.08. The average molecular weight is 587 g/mol. The quantitative estimate of drug-likeness (QED) is 0.315. The van der Waals surface area contributed by atoms with E-state index in [0.717, 1.165) is 19.1 Å². The third kappa shape index (κ3) is 4.23. The van der Waals surface area contributed by atoms with Crippen LogP contribution in [0.2, 0.25) is 0 Å². The van der Waals surface area contributed by atoms with E-state index in [1.54, 1.807) is 55.0 Å². The summed E-state index contributed by atoms with van der Waals surface area (Å²) in [6.45, 7) is 0. The molecule has 1 aromatic carbocycles. The van der Waals surface area contributed by atoms with E-state index in [0.29, 0.717) is 52.3 Å². The molecule has 2 aliphatic rings. The average Bonchev–Trinajstić information content (AvgIpc) is 3.71. The van der Waals surface area contributed by atoms with Gasteiger partial charge in [0, 0.05) is 53.3 Å². The first-order valence-corrected chi connectivity index (χ1v) is 15.5. The fraction of sp³-hybridized carbons (Fsp3) is 0.276. The van der Waals surface area contributed by atoms with E-state index in [-0.39, 0.29) is 40.4 Å². The summed E-state index contributed by atoms with van der Waals surface area (Å²) in [5, 5.41) is 11.0. The molecule has 0 spiro atoms. The van der Waals surface area contributed by atoms with Crippen LogP contribution in [0.3, 0.4) is 0 Å². The summed E-state index contributed by atoms with van der Waals surface area (Å²) in [6.07, 6.45) is 8.62. The monoisotopic (exact) mass is 586 g/mol. The van der Waals surface area contributed by atoms with Crippen LogP contribution in [0.1, 0.15) is 47.8 Å². The Labute approximate surface area is 240 Å². The number of sulfone groups is 1. The van der Waals surface area contributed by atoms with Crippen molar-refractivity contribution < 1.29 is 17.6 Å². The largest absolute Gasteiger partial charge is 0.382 e. The van der Waals surface area contributed by atoms with E-state index in [2.05, 4.69) is 20.3 Å². The molecule has 1 unspecified atom stereocenters. The van der Waals surface area contributed by atoms with E-state index in [1.165, 1.54) is 10.6 Å². The summed E-state index contributed by atoms with van der Waals surface area (Å²) in [5.41, 5.74) is 9.88. The maximum atomic E-state index is 14.3. The number of nitrogens with one attached hydrogen (secondary N) is 1. The third-order valence-electron chi connectivity index (χ3n) is 8.34. The summed E-state index contributed by atoms with van der Waals surface area (Å²) >= 11 is 0. The fourth-order valence-corrected chi connectivity index (χ4v) is 7.56. The number of nitrogens with two attached hydrogens (primary N) is 1. The van der Waals surface area contributed by atoms with Gasteiger partial charge in [-0.1, -0.05) is 18.2 Å². The van der Waals surface area contributed by atoms with Gasteiger partial charge in [-0.05, 0) is 49.9 Å². The highest BCUT2D eigenvalue weighted by Gasteiger charge is 2.45. The van der Waals surface area contributed by atoms with Gasteiger partial charge < -0.3 is 10.6 Å². The first kappa shape index (κ1) is 26.3. The number of fused-ring (bicyclic) bond motifs is 3. The van der Waals surface area contributed by atoms with Gasteiger partial charge in [0.05, 0.1) is 17.6 Å². The Morgan fingerprint density at radius 1 is 1.05 bits per heavy atom. The van der Waals surface area contributed by atoms with E-state index >= 15 is 0 Å². The molecule has 0 saturated carbocycles. The smallest absolute Gasteiger partial charge is 0.272 e. The fourth-order valence-electron chi connectivity index (χ4n) is 6.51. The first-order valence-electron chi connectivity index (χ1n) is 13.6. The lowest BCUT2D eigenvalue weighted by Gasteiger charge is -2.39. The van der Waals surface area contributed by atoms with Crippen molar-refractivity contribution in [1.82, 2.24) is 34.7 Å². The molecule has 4 aromatic heterocycles. The van der Waals surface area contributed by atoms with Crippen LogP contribution in [0, 0.1) is 5.82 Å². The lowest BCUT2D eigenvalue weighted by atomic mass is 9.87. The van der Waals surface area contributed by atoms with Crippen molar-refractivity contribution in [3.05, 3.63) is 78.3 Å². The molecule has 11 nitrogen and oxygen atoms in total. The Bertz CT molecular complexity index is 1930. The number of hydrogen-bond donors (Lipinski definition) is 2. The zero-order valence-corrected chi connectivity index (χ0v) is 23.4. The minimum Gasteiger partial charge on any atom is -0.382 e. The van der Waals surface area contributed by atoms with Crippen LogP contribution in [-0.4, -0.2) is 67.3 Å². The number of amides is 1. The van der Waals surface area contributed by atoms with Crippen LogP contribution in [0.5, 0.6) is 0 Å². The lowest BCUT2D eigenvalue weighted by Crippen LogP contribution is -2.46. The van der Waals surface area contributed by atoms with E-state index in [9.17, 15) is 17.6 Å². The molecule has 3 atom stereocenters. The Hall–Kier alpha value is -4.65. The highest BCUT2D eigenvalue weighted by molar-refractivity contribution is 7.91. The predicted octanol–water partition coefficient (Wildman–Crippen LogP) is 3.86. The van der Waals surface area contributed by atoms with Crippen LogP contribution in [-0.2, 0) is 9.84 Å². The number of piperidine rings is 1. The van der Waals surface area contributed by atoms with Crippen LogP contribution >= 0.6 is 0 Å². The van der Waals surface area contributed by atoms with Gasteiger partial charge in [0.2, 0.25) is 0 Å². The first-order chi connectivity index (χ1) is 20.2. The Morgan fingerprint density at radius 3 is 2.45 bits per heavy atom. The number of rotatable bonds is 5. The predicted molar refractivity (Wildman–Crippen MR) is 153 cm³/mol. The van der Waals surface area contributed by atoms with Crippen molar-refractivity contribution in [2.24, 2.45) is 0 Å². The van der Waals surface area contributed by atoms with Gasteiger partial charge in [-0.15, -0.1) is 0 Å². The lowest BCUT2D eigenvalue weighted by molar-refractivity contribution is 0.0562. The number of pyridine rings is 1. The van der Waals surface area contributed by atoms with Crippen LogP contribution in [0.15, 0.2) is 66.0 Å². The standard InChI is InChI=1S/C29H27FN8O3S/c1-42(40,41)26-25(17-12-18-7-8-19(13-17)37(18)29(39)24-10-11-33-36-24)35-28-21(15-34-38(28)27(26)31)16-6-9-23(32-14-16)20-4-2-3-5-22(20)30/h2-6,9-11,14-15,17-19H,7-8,12-13,31H2,1H3,(H,33,36)/t17?,18-,19+. The van der Waals surface area contributed by atoms with Gasteiger partial charge in [-0.2, -0.15) is 14.7 Å². The van der Waals surface area contributed by atoms with Crippen molar-refractivity contribution in [2.45, 2.75) is 48.6 Å². The number of nitrogens with zero attached hydrogens (tertiary/aromatic N) is 6. The second-order valence-corrected chi connectivity index (χ2v) is 12.9. The molecule has 2 aliphatic heterocycles. The molecule has 214 valence electrons. The number of aromatic nitrogens is 6. The van der Waals surface area contributed by atoms with Gasteiger partial charge in [0.15, 0.2) is 15.5 Å². The summed E-state index contributed by atoms with van der Waals surface area (Å²) in [7, 11) is -3.77.